The maximum atomic E-state index is 12.8. The van der Waals surface area contributed by atoms with Gasteiger partial charge in [0.1, 0.15) is 6.54 Å². The molecule has 0 aliphatic carbocycles. The van der Waals surface area contributed by atoms with Crippen LogP contribution in [0.15, 0.2) is 42.5 Å². The average Bonchev–Trinajstić information content (AvgIpc) is 2.74. The van der Waals surface area contributed by atoms with Crippen molar-refractivity contribution in [2.75, 3.05) is 11.4 Å². The fourth-order valence-electron chi connectivity index (χ4n) is 3.19. The predicted molar refractivity (Wildman–Crippen MR) is 99.9 cm³/mol. The minimum absolute atomic E-state index is 0.00269. The Labute approximate surface area is 152 Å². The fourth-order valence-corrected chi connectivity index (χ4v) is 3.36. The molecule has 25 heavy (non-hydrogen) atoms. The molecule has 0 fully saturated rings. The highest BCUT2D eigenvalue weighted by molar-refractivity contribution is 6.31. The third-order valence-electron chi connectivity index (χ3n) is 4.58. The number of nitrogens with one attached hydrogen (secondary N) is 1. The van der Waals surface area contributed by atoms with Crippen LogP contribution in [0.2, 0.25) is 5.02 Å². The van der Waals surface area contributed by atoms with Gasteiger partial charge in [-0.05, 0) is 50.1 Å². The molecule has 0 aromatic heterocycles. The monoisotopic (exact) mass is 356 g/mol. The number of hydrogen-bond acceptors (Lipinski definition) is 2. The molecule has 0 bridgehead atoms. The van der Waals surface area contributed by atoms with E-state index in [9.17, 15) is 9.59 Å². The molecule has 0 saturated carbocycles. The summed E-state index contributed by atoms with van der Waals surface area (Å²) in [6.45, 7) is 6.17. The van der Waals surface area contributed by atoms with Crippen molar-refractivity contribution >= 4 is 29.1 Å². The Hall–Kier alpha value is -2.33. The molecule has 0 saturated heterocycles. The molecule has 130 valence electrons. The highest BCUT2D eigenvalue weighted by atomic mass is 35.5. The molecule has 3 rings (SSSR count). The number of fused-ring (bicyclic) bond motifs is 1. The Bertz CT molecular complexity index is 845. The molecule has 0 atom stereocenters. The fraction of sp³-hybridized carbons (Fsp3) is 0.300. The zero-order chi connectivity index (χ0) is 18.2. The summed E-state index contributed by atoms with van der Waals surface area (Å²) in [5, 5.41) is 3.47. The largest absolute Gasteiger partial charge is 0.350 e. The van der Waals surface area contributed by atoms with E-state index >= 15 is 0 Å². The van der Waals surface area contributed by atoms with E-state index in [1.165, 1.54) is 4.90 Å². The summed E-state index contributed by atoms with van der Waals surface area (Å²) in [6, 6.07) is 13.3. The molecule has 0 spiro atoms. The molecule has 4 nitrogen and oxygen atoms in total. The van der Waals surface area contributed by atoms with Crippen molar-refractivity contribution in [1.29, 1.82) is 0 Å². The summed E-state index contributed by atoms with van der Waals surface area (Å²) in [4.78, 5) is 26.7. The Morgan fingerprint density at radius 2 is 1.96 bits per heavy atom. The Kier molecular flexibility index (Phi) is 4.56. The van der Waals surface area contributed by atoms with Gasteiger partial charge in [0.05, 0.1) is 5.41 Å². The number of nitrogens with zero attached hydrogens (tertiary/aromatic N) is 1. The first-order valence-electron chi connectivity index (χ1n) is 8.23. The number of benzene rings is 2. The number of carbonyl (C=O) groups is 2. The van der Waals surface area contributed by atoms with E-state index < -0.39 is 5.41 Å². The van der Waals surface area contributed by atoms with E-state index in [-0.39, 0.29) is 18.4 Å². The third kappa shape index (κ3) is 3.40. The molecule has 2 amide bonds. The lowest BCUT2D eigenvalue weighted by atomic mass is 9.86. The second kappa shape index (κ2) is 6.52. The lowest BCUT2D eigenvalue weighted by molar-refractivity contribution is -0.125. The van der Waals surface area contributed by atoms with Crippen LogP contribution in [-0.2, 0) is 21.5 Å². The van der Waals surface area contributed by atoms with Gasteiger partial charge < -0.3 is 10.2 Å². The molecular weight excluding hydrogens is 336 g/mol. The first kappa shape index (κ1) is 17.5. The number of aryl methyl sites for hydroxylation is 1. The van der Waals surface area contributed by atoms with Crippen molar-refractivity contribution in [3.63, 3.8) is 0 Å². The van der Waals surface area contributed by atoms with Crippen LogP contribution >= 0.6 is 11.6 Å². The van der Waals surface area contributed by atoms with Crippen LogP contribution in [0, 0.1) is 6.92 Å². The highest BCUT2D eigenvalue weighted by Crippen LogP contribution is 2.42. The van der Waals surface area contributed by atoms with Crippen molar-refractivity contribution in [2.24, 2.45) is 0 Å². The molecule has 1 aliphatic heterocycles. The summed E-state index contributed by atoms with van der Waals surface area (Å²) in [6.07, 6.45) is 0. The van der Waals surface area contributed by atoms with Crippen LogP contribution in [0.4, 0.5) is 5.69 Å². The lowest BCUT2D eigenvalue weighted by Gasteiger charge is -2.20. The second-order valence-corrected chi connectivity index (χ2v) is 7.38. The Balaban J connectivity index is 1.72. The molecule has 0 unspecified atom stereocenters. The first-order chi connectivity index (χ1) is 11.8. The van der Waals surface area contributed by atoms with Gasteiger partial charge in [0.2, 0.25) is 11.8 Å². The van der Waals surface area contributed by atoms with Gasteiger partial charge in [0.15, 0.2) is 0 Å². The first-order valence-corrected chi connectivity index (χ1v) is 8.61. The summed E-state index contributed by atoms with van der Waals surface area (Å²) < 4.78 is 0. The van der Waals surface area contributed by atoms with E-state index in [0.29, 0.717) is 11.6 Å². The van der Waals surface area contributed by atoms with Crippen LogP contribution in [0.1, 0.15) is 30.5 Å². The Morgan fingerprint density at radius 1 is 1.20 bits per heavy atom. The second-order valence-electron chi connectivity index (χ2n) is 6.94. The number of halogens is 1. The number of hydrogen-bond donors (Lipinski definition) is 1. The SMILES string of the molecule is Cc1cccc(CNC(=O)CN2C(=O)C(C)(C)c3cc(Cl)ccc32)c1. The zero-order valence-corrected chi connectivity index (χ0v) is 15.4. The minimum Gasteiger partial charge on any atom is -0.350 e. The van der Waals surface area contributed by atoms with E-state index in [1.54, 1.807) is 18.2 Å². The molecule has 2 aromatic carbocycles. The number of anilines is 1. The van der Waals surface area contributed by atoms with Crippen molar-refractivity contribution in [3.05, 3.63) is 64.2 Å². The summed E-state index contributed by atoms with van der Waals surface area (Å²) in [5.74, 6) is -0.274. The van der Waals surface area contributed by atoms with Gasteiger partial charge >= 0.3 is 0 Å². The maximum Gasteiger partial charge on any atom is 0.240 e. The van der Waals surface area contributed by atoms with E-state index in [0.717, 1.165) is 22.4 Å². The molecule has 0 radical (unpaired) electrons. The van der Waals surface area contributed by atoms with Gasteiger partial charge in [-0.25, -0.2) is 0 Å². The van der Waals surface area contributed by atoms with Crippen molar-refractivity contribution < 1.29 is 9.59 Å². The van der Waals surface area contributed by atoms with E-state index in [1.807, 2.05) is 45.0 Å². The van der Waals surface area contributed by atoms with E-state index in [2.05, 4.69) is 5.32 Å². The molecule has 2 aromatic rings. The van der Waals surface area contributed by atoms with Crippen LogP contribution in [0.3, 0.4) is 0 Å². The van der Waals surface area contributed by atoms with Gasteiger partial charge in [0.25, 0.3) is 0 Å². The molecule has 1 N–H and O–H groups in total. The van der Waals surface area contributed by atoms with Crippen molar-refractivity contribution in [2.45, 2.75) is 32.7 Å². The van der Waals surface area contributed by atoms with Gasteiger partial charge in [0, 0.05) is 17.3 Å². The maximum absolute atomic E-state index is 12.8. The van der Waals surface area contributed by atoms with Gasteiger partial charge in [-0.3, -0.25) is 9.59 Å². The number of rotatable bonds is 4. The topological polar surface area (TPSA) is 49.4 Å². The zero-order valence-electron chi connectivity index (χ0n) is 14.6. The molecule has 5 heteroatoms. The van der Waals surface area contributed by atoms with E-state index in [4.69, 9.17) is 11.6 Å². The standard InChI is InChI=1S/C20H21ClN2O2/c1-13-5-4-6-14(9-13)11-22-18(24)12-23-17-8-7-15(21)10-16(17)20(2,3)19(23)25/h4-10H,11-12H2,1-3H3,(H,22,24). The molecule has 1 heterocycles. The Morgan fingerprint density at radius 3 is 2.68 bits per heavy atom. The molecular formula is C20H21ClN2O2. The summed E-state index contributed by atoms with van der Waals surface area (Å²) in [5.41, 5.74) is 3.11. The van der Waals surface area contributed by atoms with Crippen LogP contribution in [-0.4, -0.2) is 18.4 Å². The smallest absolute Gasteiger partial charge is 0.240 e. The van der Waals surface area contributed by atoms with Gasteiger partial charge in [-0.15, -0.1) is 0 Å². The molecule has 1 aliphatic rings. The average molecular weight is 357 g/mol. The normalized spacial score (nSPS) is 15.2. The lowest BCUT2D eigenvalue weighted by Crippen LogP contribution is -2.42. The number of amides is 2. The predicted octanol–water partition coefficient (Wildman–Crippen LogP) is 3.59. The minimum atomic E-state index is -0.683. The van der Waals surface area contributed by atoms with Crippen molar-refractivity contribution in [3.8, 4) is 0 Å². The highest BCUT2D eigenvalue weighted by Gasteiger charge is 2.44. The number of carbonyl (C=O) groups excluding carboxylic acids is 2. The summed E-state index contributed by atoms with van der Waals surface area (Å²) in [7, 11) is 0. The van der Waals surface area contributed by atoms with Crippen LogP contribution in [0.5, 0.6) is 0 Å². The van der Waals surface area contributed by atoms with Crippen LogP contribution < -0.4 is 10.2 Å². The van der Waals surface area contributed by atoms with Gasteiger partial charge in [-0.1, -0.05) is 41.4 Å². The van der Waals surface area contributed by atoms with Gasteiger partial charge in [-0.2, -0.15) is 0 Å². The third-order valence-corrected chi connectivity index (χ3v) is 4.81. The summed E-state index contributed by atoms with van der Waals surface area (Å²) >= 11 is 6.07. The quantitative estimate of drug-likeness (QED) is 0.910. The van der Waals surface area contributed by atoms with Crippen molar-refractivity contribution in [1.82, 2.24) is 5.32 Å². The van der Waals surface area contributed by atoms with Crippen LogP contribution in [0.25, 0.3) is 0 Å².